The third kappa shape index (κ3) is 6.96. The van der Waals surface area contributed by atoms with E-state index in [1.54, 1.807) is 63.4 Å². The fourth-order valence-electron chi connectivity index (χ4n) is 3.04. The zero-order valence-corrected chi connectivity index (χ0v) is 19.7. The van der Waals surface area contributed by atoms with Gasteiger partial charge in [-0.25, -0.2) is 19.2 Å². The molecule has 0 aromatic heterocycles. The average Bonchev–Trinajstić information content (AvgIpc) is 2.99. The number of aliphatic carboxylic acids is 1. The van der Waals surface area contributed by atoms with E-state index >= 15 is 0 Å². The summed E-state index contributed by atoms with van der Waals surface area (Å²) in [6, 6.07) is 5.39. The van der Waals surface area contributed by atoms with Crippen LogP contribution in [0.25, 0.3) is 0 Å². The third-order valence-corrected chi connectivity index (χ3v) is 4.53. The Kier molecular flexibility index (Phi) is 8.60. The number of ether oxygens (including phenoxy) is 3. The van der Waals surface area contributed by atoms with Crippen molar-refractivity contribution in [2.45, 2.75) is 38.8 Å². The number of methoxy groups -OCH3 is 2. The summed E-state index contributed by atoms with van der Waals surface area (Å²) in [6.45, 7) is 5.03. The minimum Gasteiger partial charge on any atom is -0.480 e. The van der Waals surface area contributed by atoms with Gasteiger partial charge in [-0.2, -0.15) is 0 Å². The van der Waals surface area contributed by atoms with Crippen molar-refractivity contribution in [3.05, 3.63) is 65.5 Å². The molecule has 1 aliphatic heterocycles. The minimum absolute atomic E-state index is 0.000635. The number of carbonyl (C=O) groups is 4. The molecule has 0 saturated heterocycles. The first-order chi connectivity index (χ1) is 16.0. The van der Waals surface area contributed by atoms with Crippen molar-refractivity contribution < 1.29 is 38.5 Å². The van der Waals surface area contributed by atoms with Gasteiger partial charge in [0.15, 0.2) is 0 Å². The van der Waals surface area contributed by atoms with Crippen molar-refractivity contribution in [3.8, 4) is 0 Å². The number of nitrogens with one attached hydrogen (secondary N) is 1. The number of benzene rings is 1. The third-order valence-electron chi connectivity index (χ3n) is 4.53. The molecule has 10 nitrogen and oxygen atoms in total. The maximum Gasteiger partial charge on any atom is 0.408 e. The highest BCUT2D eigenvalue weighted by Gasteiger charge is 2.28. The van der Waals surface area contributed by atoms with Crippen LogP contribution in [0.3, 0.4) is 0 Å². The molecule has 10 heteroatoms. The second kappa shape index (κ2) is 11.2. The minimum atomic E-state index is -1.21. The zero-order valence-electron chi connectivity index (χ0n) is 19.7. The van der Waals surface area contributed by atoms with Crippen LogP contribution in [0.5, 0.6) is 0 Å². The van der Waals surface area contributed by atoms with Crippen molar-refractivity contribution in [1.29, 1.82) is 0 Å². The van der Waals surface area contributed by atoms with Crippen molar-refractivity contribution >= 4 is 29.7 Å². The maximum atomic E-state index is 12.5. The van der Waals surface area contributed by atoms with Crippen molar-refractivity contribution in [2.24, 2.45) is 0 Å². The molecule has 1 aromatic carbocycles. The number of carbonyl (C=O) groups excluding carboxylic acids is 3. The number of rotatable bonds is 7. The van der Waals surface area contributed by atoms with Crippen LogP contribution >= 0.6 is 0 Å². The van der Waals surface area contributed by atoms with Crippen LogP contribution in [0.15, 0.2) is 60.0 Å². The van der Waals surface area contributed by atoms with E-state index in [2.05, 4.69) is 5.32 Å². The second-order valence-corrected chi connectivity index (χ2v) is 8.22. The molecule has 1 unspecified atom stereocenters. The molecule has 1 amide bonds. The SMILES string of the molecule is COC(=O)C1=C(C(=O)OC)N(c2ccc(CC(NC(=O)OC(C)(C)C)C(=O)O)cc2)C=CC=C1. The van der Waals surface area contributed by atoms with E-state index in [4.69, 9.17) is 14.2 Å². The number of esters is 2. The molecule has 0 radical (unpaired) electrons. The average molecular weight is 472 g/mol. The van der Waals surface area contributed by atoms with Gasteiger partial charge in [0.25, 0.3) is 0 Å². The summed E-state index contributed by atoms with van der Waals surface area (Å²) >= 11 is 0. The van der Waals surface area contributed by atoms with Gasteiger partial charge in [-0.1, -0.05) is 18.2 Å². The largest absolute Gasteiger partial charge is 0.480 e. The number of carboxylic acid groups (broad SMARTS) is 1. The molecule has 1 aromatic rings. The molecule has 1 heterocycles. The van der Waals surface area contributed by atoms with Gasteiger partial charge in [0.2, 0.25) is 0 Å². The molecule has 2 N–H and O–H groups in total. The quantitative estimate of drug-likeness (QED) is 0.454. The van der Waals surface area contributed by atoms with Crippen LogP contribution in [-0.4, -0.2) is 55.0 Å². The molecule has 34 heavy (non-hydrogen) atoms. The Morgan fingerprint density at radius 2 is 1.62 bits per heavy atom. The second-order valence-electron chi connectivity index (χ2n) is 8.22. The summed E-state index contributed by atoms with van der Waals surface area (Å²) in [4.78, 5) is 49.9. The van der Waals surface area contributed by atoms with Crippen LogP contribution < -0.4 is 10.2 Å². The van der Waals surface area contributed by atoms with E-state index < -0.39 is 35.6 Å². The molecule has 2 rings (SSSR count). The predicted octanol–water partition coefficient (Wildman–Crippen LogP) is 2.70. The number of allylic oxidation sites excluding steroid dienone is 2. The Hall–Kier alpha value is -4.08. The Bertz CT molecular complexity index is 1030. The van der Waals surface area contributed by atoms with E-state index in [0.29, 0.717) is 11.3 Å². The molecular formula is C24H28N2O8. The first-order valence-corrected chi connectivity index (χ1v) is 10.3. The highest BCUT2D eigenvalue weighted by atomic mass is 16.6. The lowest BCUT2D eigenvalue weighted by Gasteiger charge is -2.24. The number of hydrogen-bond acceptors (Lipinski definition) is 8. The number of amides is 1. The Labute approximate surface area is 197 Å². The molecule has 182 valence electrons. The monoisotopic (exact) mass is 472 g/mol. The summed E-state index contributed by atoms with van der Waals surface area (Å²) in [5.74, 6) is -2.66. The number of carboxylic acids is 1. The van der Waals surface area contributed by atoms with E-state index in [-0.39, 0.29) is 17.7 Å². The molecule has 0 bridgehead atoms. The maximum absolute atomic E-state index is 12.5. The number of nitrogens with zero attached hydrogens (tertiary/aromatic N) is 1. The molecule has 1 atom stereocenters. The van der Waals surface area contributed by atoms with Gasteiger partial charge in [-0.05, 0) is 50.6 Å². The summed E-state index contributed by atoms with van der Waals surface area (Å²) in [7, 11) is 2.41. The van der Waals surface area contributed by atoms with E-state index in [9.17, 15) is 24.3 Å². The van der Waals surface area contributed by atoms with E-state index in [1.807, 2.05) is 0 Å². The van der Waals surface area contributed by atoms with Gasteiger partial charge in [0.05, 0.1) is 19.8 Å². The fourth-order valence-corrected chi connectivity index (χ4v) is 3.04. The number of alkyl carbamates (subject to hydrolysis) is 1. The first-order valence-electron chi connectivity index (χ1n) is 10.3. The normalized spacial score (nSPS) is 14.2. The Balaban J connectivity index is 2.30. The highest BCUT2D eigenvalue weighted by molar-refractivity contribution is 6.05. The van der Waals surface area contributed by atoms with Crippen molar-refractivity contribution in [3.63, 3.8) is 0 Å². The predicted molar refractivity (Wildman–Crippen MR) is 123 cm³/mol. The summed E-state index contributed by atoms with van der Waals surface area (Å²) in [5.41, 5.74) is 0.328. The lowest BCUT2D eigenvalue weighted by atomic mass is 10.0. The Morgan fingerprint density at radius 1 is 1.00 bits per heavy atom. The lowest BCUT2D eigenvalue weighted by molar-refractivity contribution is -0.139. The summed E-state index contributed by atoms with van der Waals surface area (Å²) < 4.78 is 14.8. The van der Waals surface area contributed by atoms with Gasteiger partial charge in [0.1, 0.15) is 17.3 Å². The number of anilines is 1. The van der Waals surface area contributed by atoms with Crippen molar-refractivity contribution in [1.82, 2.24) is 5.32 Å². The van der Waals surface area contributed by atoms with Gasteiger partial charge < -0.3 is 29.5 Å². The van der Waals surface area contributed by atoms with Crippen molar-refractivity contribution in [2.75, 3.05) is 19.1 Å². The highest BCUT2D eigenvalue weighted by Crippen LogP contribution is 2.27. The Morgan fingerprint density at radius 3 is 2.15 bits per heavy atom. The van der Waals surface area contributed by atoms with E-state index in [1.165, 1.54) is 25.2 Å². The van der Waals surface area contributed by atoms with Crippen LogP contribution in [-0.2, 0) is 35.0 Å². The summed E-state index contributed by atoms with van der Waals surface area (Å²) in [6.07, 6.45) is 5.42. The lowest BCUT2D eigenvalue weighted by Crippen LogP contribution is -2.44. The van der Waals surface area contributed by atoms with Gasteiger partial charge in [-0.3, -0.25) is 0 Å². The molecule has 0 aliphatic carbocycles. The first kappa shape index (κ1) is 26.2. The van der Waals surface area contributed by atoms with Gasteiger partial charge in [-0.15, -0.1) is 0 Å². The fraction of sp³-hybridized carbons (Fsp3) is 0.333. The van der Waals surface area contributed by atoms with Gasteiger partial charge in [0, 0.05) is 18.3 Å². The van der Waals surface area contributed by atoms with Crippen LogP contribution in [0.1, 0.15) is 26.3 Å². The smallest absolute Gasteiger partial charge is 0.408 e. The zero-order chi connectivity index (χ0) is 25.5. The topological polar surface area (TPSA) is 131 Å². The summed E-state index contributed by atoms with van der Waals surface area (Å²) in [5, 5.41) is 11.9. The molecule has 1 aliphatic rings. The standard InChI is InChI=1S/C24H28N2O8/c1-24(2,3)34-23(31)25-18(20(27)28)14-15-9-11-16(12-10-15)26-13-7-6-8-17(21(29)32-4)19(26)22(30)33-5/h6-13,18H,14H2,1-5H3,(H,25,31)(H,27,28). The number of hydrogen-bond donors (Lipinski definition) is 2. The van der Waals surface area contributed by atoms with Crippen LogP contribution in [0, 0.1) is 0 Å². The molecule has 0 fully saturated rings. The molecule has 0 saturated carbocycles. The van der Waals surface area contributed by atoms with Crippen LogP contribution in [0.2, 0.25) is 0 Å². The van der Waals surface area contributed by atoms with E-state index in [0.717, 1.165) is 0 Å². The van der Waals surface area contributed by atoms with Gasteiger partial charge >= 0.3 is 24.0 Å². The molecular weight excluding hydrogens is 444 g/mol. The van der Waals surface area contributed by atoms with Crippen LogP contribution in [0.4, 0.5) is 10.5 Å². The molecule has 0 spiro atoms.